The third-order valence-corrected chi connectivity index (χ3v) is 3.55. The molecule has 0 radical (unpaired) electrons. The molecular formula is C16H19ClN2. The first-order valence-corrected chi connectivity index (χ1v) is 6.89. The Morgan fingerprint density at radius 2 is 1.68 bits per heavy atom. The van der Waals surface area contributed by atoms with Crippen molar-refractivity contribution >= 4 is 11.6 Å². The van der Waals surface area contributed by atoms with E-state index in [0.717, 1.165) is 11.5 Å². The van der Waals surface area contributed by atoms with E-state index in [1.54, 1.807) is 0 Å². The topological polar surface area (TPSA) is 25.8 Å². The van der Waals surface area contributed by atoms with Gasteiger partial charge in [-0.15, -0.1) is 0 Å². The Hall–Kier alpha value is -1.41. The highest BCUT2D eigenvalue weighted by atomic mass is 35.5. The molecule has 0 fully saturated rings. The van der Waals surface area contributed by atoms with Gasteiger partial charge >= 0.3 is 0 Å². The molecule has 0 saturated heterocycles. The van der Waals surface area contributed by atoms with E-state index in [4.69, 9.17) is 11.6 Å². The average molecular weight is 275 g/mol. The van der Waals surface area contributed by atoms with Crippen molar-refractivity contribution in [2.75, 3.05) is 0 Å². The van der Waals surface area contributed by atoms with Gasteiger partial charge in [-0.1, -0.05) is 55.8 Å². The number of rotatable bonds is 3. The molecule has 0 aliphatic carbocycles. The van der Waals surface area contributed by atoms with Gasteiger partial charge in [0.2, 0.25) is 0 Å². The molecule has 2 nitrogen and oxygen atoms in total. The fourth-order valence-corrected chi connectivity index (χ4v) is 2.19. The van der Waals surface area contributed by atoms with Crippen LogP contribution in [0.25, 0.3) is 0 Å². The van der Waals surface area contributed by atoms with Gasteiger partial charge in [0.15, 0.2) is 0 Å². The average Bonchev–Trinajstić information content (AvgIpc) is 2.39. The molecule has 100 valence electrons. The highest BCUT2D eigenvalue weighted by molar-refractivity contribution is 6.29. The van der Waals surface area contributed by atoms with E-state index in [-0.39, 0.29) is 5.41 Å². The van der Waals surface area contributed by atoms with Crippen LogP contribution in [0.5, 0.6) is 0 Å². The molecule has 2 aromatic rings. The van der Waals surface area contributed by atoms with Crippen molar-refractivity contribution in [1.82, 2.24) is 9.97 Å². The van der Waals surface area contributed by atoms with Gasteiger partial charge in [-0.25, -0.2) is 9.97 Å². The summed E-state index contributed by atoms with van der Waals surface area (Å²) >= 11 is 6.14. The van der Waals surface area contributed by atoms with Crippen LogP contribution in [-0.2, 0) is 5.41 Å². The summed E-state index contributed by atoms with van der Waals surface area (Å²) in [4.78, 5) is 9.10. The zero-order chi connectivity index (χ0) is 14.0. The number of hydrogen-bond acceptors (Lipinski definition) is 2. The third-order valence-electron chi connectivity index (χ3n) is 3.36. The Bertz CT molecular complexity index is 562. The van der Waals surface area contributed by atoms with Crippen LogP contribution in [0, 0.1) is 0 Å². The van der Waals surface area contributed by atoms with Gasteiger partial charge in [-0.05, 0) is 31.4 Å². The maximum absolute atomic E-state index is 6.14. The minimum atomic E-state index is -0.254. The fraction of sp³-hybridized carbons (Fsp3) is 0.375. The SMILES string of the molecule is CC(C)c1cc(Cl)nc(C(C)(C)c2ccccc2)n1. The van der Waals surface area contributed by atoms with Gasteiger partial charge in [0.1, 0.15) is 11.0 Å². The molecule has 3 heteroatoms. The van der Waals surface area contributed by atoms with Crippen molar-refractivity contribution in [2.45, 2.75) is 39.0 Å². The largest absolute Gasteiger partial charge is 0.237 e. The quantitative estimate of drug-likeness (QED) is 0.766. The van der Waals surface area contributed by atoms with E-state index < -0.39 is 0 Å². The molecule has 1 aromatic carbocycles. The maximum Gasteiger partial charge on any atom is 0.140 e. The van der Waals surface area contributed by atoms with Gasteiger partial charge in [0.05, 0.1) is 0 Å². The maximum atomic E-state index is 6.14. The predicted molar refractivity (Wildman–Crippen MR) is 79.7 cm³/mol. The number of hydrogen-bond donors (Lipinski definition) is 0. The summed E-state index contributed by atoms with van der Waals surface area (Å²) in [5.74, 6) is 1.11. The van der Waals surface area contributed by atoms with Crippen molar-refractivity contribution in [3.63, 3.8) is 0 Å². The lowest BCUT2D eigenvalue weighted by Crippen LogP contribution is -2.23. The van der Waals surface area contributed by atoms with Gasteiger partial charge in [-0.2, -0.15) is 0 Å². The molecule has 0 aliphatic heterocycles. The van der Waals surface area contributed by atoms with Gasteiger partial charge < -0.3 is 0 Å². The van der Waals surface area contributed by atoms with Crippen LogP contribution >= 0.6 is 11.6 Å². The van der Waals surface area contributed by atoms with E-state index in [1.165, 1.54) is 5.56 Å². The van der Waals surface area contributed by atoms with E-state index in [1.807, 2.05) is 24.3 Å². The van der Waals surface area contributed by atoms with Gasteiger partial charge in [0, 0.05) is 11.1 Å². The molecule has 0 spiro atoms. The zero-order valence-corrected chi connectivity index (χ0v) is 12.6. The summed E-state index contributed by atoms with van der Waals surface area (Å²) in [7, 11) is 0. The van der Waals surface area contributed by atoms with Crippen LogP contribution in [0.2, 0.25) is 5.15 Å². The zero-order valence-electron chi connectivity index (χ0n) is 11.8. The second-order valence-corrected chi connectivity index (χ2v) is 5.97. The molecule has 0 unspecified atom stereocenters. The van der Waals surface area contributed by atoms with Gasteiger partial charge in [-0.3, -0.25) is 0 Å². The normalized spacial score (nSPS) is 11.9. The van der Waals surface area contributed by atoms with Gasteiger partial charge in [0.25, 0.3) is 0 Å². The van der Waals surface area contributed by atoms with Crippen LogP contribution < -0.4 is 0 Å². The Morgan fingerprint density at radius 1 is 1.05 bits per heavy atom. The summed E-state index contributed by atoms with van der Waals surface area (Å²) in [6.45, 7) is 8.46. The number of nitrogens with zero attached hydrogens (tertiary/aromatic N) is 2. The van der Waals surface area contributed by atoms with E-state index in [0.29, 0.717) is 11.1 Å². The van der Waals surface area contributed by atoms with E-state index in [2.05, 4.69) is 49.8 Å². The second kappa shape index (κ2) is 5.30. The minimum absolute atomic E-state index is 0.254. The number of halogens is 1. The van der Waals surface area contributed by atoms with Crippen molar-refractivity contribution < 1.29 is 0 Å². The molecule has 0 bridgehead atoms. The molecule has 19 heavy (non-hydrogen) atoms. The summed E-state index contributed by atoms with van der Waals surface area (Å²) in [5.41, 5.74) is 1.92. The molecule has 1 aromatic heterocycles. The van der Waals surface area contributed by atoms with Crippen LogP contribution in [0.3, 0.4) is 0 Å². The Kier molecular flexibility index (Phi) is 3.91. The molecule has 0 saturated carbocycles. The first-order chi connectivity index (χ1) is 8.91. The molecule has 0 atom stereocenters. The standard InChI is InChI=1S/C16H19ClN2/c1-11(2)13-10-14(17)19-15(18-13)16(3,4)12-8-6-5-7-9-12/h5-11H,1-4H3. The van der Waals surface area contributed by atoms with E-state index in [9.17, 15) is 0 Å². The summed E-state index contributed by atoms with van der Waals surface area (Å²) in [6, 6.07) is 12.1. The number of aromatic nitrogens is 2. The minimum Gasteiger partial charge on any atom is -0.237 e. The van der Waals surface area contributed by atoms with Crippen molar-refractivity contribution in [1.29, 1.82) is 0 Å². The second-order valence-electron chi connectivity index (χ2n) is 5.58. The third kappa shape index (κ3) is 2.95. The highest BCUT2D eigenvalue weighted by Crippen LogP contribution is 2.30. The summed E-state index contributed by atoms with van der Waals surface area (Å²) in [6.07, 6.45) is 0. The Balaban J connectivity index is 2.52. The van der Waals surface area contributed by atoms with E-state index >= 15 is 0 Å². The smallest absolute Gasteiger partial charge is 0.140 e. The molecule has 0 N–H and O–H groups in total. The predicted octanol–water partition coefficient (Wildman–Crippen LogP) is 4.58. The van der Waals surface area contributed by atoms with Crippen molar-refractivity contribution in [3.05, 3.63) is 58.6 Å². The molecular weight excluding hydrogens is 256 g/mol. The Morgan fingerprint density at radius 3 is 2.26 bits per heavy atom. The van der Waals surface area contributed by atoms with Crippen LogP contribution in [-0.4, -0.2) is 9.97 Å². The molecule has 0 aliphatic rings. The lowest BCUT2D eigenvalue weighted by Gasteiger charge is -2.24. The molecule has 2 rings (SSSR count). The number of benzene rings is 1. The molecule has 0 amide bonds. The van der Waals surface area contributed by atoms with Crippen molar-refractivity contribution in [3.8, 4) is 0 Å². The van der Waals surface area contributed by atoms with Crippen LogP contribution in [0.15, 0.2) is 36.4 Å². The summed E-state index contributed by atoms with van der Waals surface area (Å²) < 4.78 is 0. The lowest BCUT2D eigenvalue weighted by molar-refractivity contribution is 0.581. The summed E-state index contributed by atoms with van der Waals surface area (Å²) in [5, 5.41) is 0.512. The first kappa shape index (κ1) is 14.0. The fourth-order valence-electron chi connectivity index (χ4n) is 1.99. The Labute approximate surface area is 119 Å². The lowest BCUT2D eigenvalue weighted by atomic mass is 9.83. The van der Waals surface area contributed by atoms with Crippen LogP contribution in [0.1, 0.15) is 50.7 Å². The monoisotopic (exact) mass is 274 g/mol. The van der Waals surface area contributed by atoms with Crippen molar-refractivity contribution in [2.24, 2.45) is 0 Å². The molecule has 1 heterocycles. The van der Waals surface area contributed by atoms with Crippen LogP contribution in [0.4, 0.5) is 0 Å². The first-order valence-electron chi connectivity index (χ1n) is 6.51. The highest BCUT2D eigenvalue weighted by Gasteiger charge is 2.27.